The van der Waals surface area contributed by atoms with Crippen molar-refractivity contribution in [2.45, 2.75) is 6.18 Å². The Bertz CT molecular complexity index is 1160. The van der Waals surface area contributed by atoms with E-state index in [-0.39, 0.29) is 38.7 Å². The molecule has 0 atom stereocenters. The van der Waals surface area contributed by atoms with E-state index in [1.54, 1.807) is 0 Å². The zero-order valence-corrected chi connectivity index (χ0v) is 16.6. The number of alkyl halides is 3. The highest BCUT2D eigenvalue weighted by Gasteiger charge is 2.32. The molecule has 7 nitrogen and oxygen atoms in total. The number of rotatable bonds is 5. The molecule has 1 amide bonds. The Morgan fingerprint density at radius 1 is 1.06 bits per heavy atom. The first-order valence-electron chi connectivity index (χ1n) is 8.31. The second-order valence-corrected chi connectivity index (χ2v) is 6.81. The van der Waals surface area contributed by atoms with Crippen LogP contribution < -0.4 is 10.1 Å². The molecular weight excluding hydrogens is 462 g/mol. The normalized spacial score (nSPS) is 11.1. The lowest BCUT2D eigenvalue weighted by atomic mass is 10.2. The minimum Gasteiger partial charge on any atom is -0.439 e. The molecule has 1 aromatic heterocycles. The first-order valence-corrected chi connectivity index (χ1v) is 9.06. The molecule has 0 spiro atoms. The molecule has 0 aliphatic rings. The van der Waals surface area contributed by atoms with Crippen molar-refractivity contribution in [3.63, 3.8) is 0 Å². The minimum absolute atomic E-state index is 0.0237. The average Bonchev–Trinajstić information content (AvgIpc) is 2.68. The predicted molar refractivity (Wildman–Crippen MR) is 107 cm³/mol. The van der Waals surface area contributed by atoms with Gasteiger partial charge >= 0.3 is 6.18 Å². The molecule has 0 unspecified atom stereocenters. The third kappa shape index (κ3) is 5.62. The highest BCUT2D eigenvalue weighted by Crippen LogP contribution is 2.34. The standard InChI is InChI=1S/C19H10Cl2F3N3O4/c20-15-6-3-12(27(29)30)9-14(15)18(28)25-11-1-4-13(5-2-11)31-17-8-10(19(22,23)24)7-16(21)26-17/h1-9H,(H,25,28). The van der Waals surface area contributed by atoms with Gasteiger partial charge < -0.3 is 10.1 Å². The van der Waals surface area contributed by atoms with Crippen molar-refractivity contribution in [2.24, 2.45) is 0 Å². The quantitative estimate of drug-likeness (QED) is 0.265. The van der Waals surface area contributed by atoms with Crippen LogP contribution >= 0.6 is 23.2 Å². The van der Waals surface area contributed by atoms with E-state index >= 15 is 0 Å². The fraction of sp³-hybridized carbons (Fsp3) is 0.0526. The van der Waals surface area contributed by atoms with E-state index in [0.717, 1.165) is 6.07 Å². The largest absolute Gasteiger partial charge is 0.439 e. The van der Waals surface area contributed by atoms with Crippen LogP contribution in [0.5, 0.6) is 11.6 Å². The minimum atomic E-state index is -4.62. The van der Waals surface area contributed by atoms with Gasteiger partial charge in [-0.3, -0.25) is 14.9 Å². The monoisotopic (exact) mass is 471 g/mol. The summed E-state index contributed by atoms with van der Waals surface area (Å²) in [6, 6.07) is 10.4. The molecular formula is C19H10Cl2F3N3O4. The van der Waals surface area contributed by atoms with Gasteiger partial charge in [0.1, 0.15) is 10.9 Å². The van der Waals surface area contributed by atoms with Crippen LogP contribution in [0.1, 0.15) is 15.9 Å². The Morgan fingerprint density at radius 2 is 1.74 bits per heavy atom. The van der Waals surface area contributed by atoms with Gasteiger partial charge in [0.15, 0.2) is 0 Å². The van der Waals surface area contributed by atoms with Crippen molar-refractivity contribution in [3.05, 3.63) is 86.0 Å². The Balaban J connectivity index is 1.74. The van der Waals surface area contributed by atoms with Gasteiger partial charge in [0.2, 0.25) is 5.88 Å². The van der Waals surface area contributed by atoms with E-state index in [9.17, 15) is 28.1 Å². The number of anilines is 1. The number of nitrogens with one attached hydrogen (secondary N) is 1. The molecule has 3 rings (SSSR count). The number of carbonyl (C=O) groups is 1. The van der Waals surface area contributed by atoms with Crippen LogP contribution in [0.3, 0.4) is 0 Å². The summed E-state index contributed by atoms with van der Waals surface area (Å²) in [6.45, 7) is 0. The van der Waals surface area contributed by atoms with Crippen molar-refractivity contribution >= 4 is 40.5 Å². The summed E-state index contributed by atoms with van der Waals surface area (Å²) in [4.78, 5) is 26.3. The first kappa shape index (κ1) is 22.3. The van der Waals surface area contributed by atoms with Crippen LogP contribution in [0.2, 0.25) is 10.2 Å². The molecule has 2 aromatic carbocycles. The number of nitro groups is 1. The maximum Gasteiger partial charge on any atom is 0.416 e. The Hall–Kier alpha value is -3.37. The highest BCUT2D eigenvalue weighted by molar-refractivity contribution is 6.34. The molecule has 31 heavy (non-hydrogen) atoms. The molecule has 160 valence electrons. The van der Waals surface area contributed by atoms with E-state index in [0.29, 0.717) is 12.1 Å². The first-order chi connectivity index (χ1) is 14.5. The second kappa shape index (κ2) is 8.78. The van der Waals surface area contributed by atoms with Gasteiger partial charge in [-0.2, -0.15) is 13.2 Å². The van der Waals surface area contributed by atoms with Crippen LogP contribution in [0.4, 0.5) is 24.5 Å². The lowest BCUT2D eigenvalue weighted by Crippen LogP contribution is -2.12. The smallest absolute Gasteiger partial charge is 0.416 e. The number of nitro benzene ring substituents is 1. The summed E-state index contributed by atoms with van der Waals surface area (Å²) in [5.74, 6) is -0.914. The van der Waals surface area contributed by atoms with Gasteiger partial charge in [0.05, 0.1) is 21.1 Å². The Labute approximate surface area is 182 Å². The van der Waals surface area contributed by atoms with Crippen molar-refractivity contribution in [1.29, 1.82) is 0 Å². The summed E-state index contributed by atoms with van der Waals surface area (Å²) in [7, 11) is 0. The number of benzene rings is 2. The van der Waals surface area contributed by atoms with Crippen LogP contribution in [0.15, 0.2) is 54.6 Å². The van der Waals surface area contributed by atoms with Crippen molar-refractivity contribution in [2.75, 3.05) is 5.32 Å². The van der Waals surface area contributed by atoms with Crippen LogP contribution in [-0.2, 0) is 6.18 Å². The molecule has 12 heteroatoms. The number of pyridine rings is 1. The van der Waals surface area contributed by atoms with Gasteiger partial charge in [0, 0.05) is 23.9 Å². The number of ether oxygens (including phenoxy) is 1. The van der Waals surface area contributed by atoms with Gasteiger partial charge in [-0.25, -0.2) is 4.98 Å². The third-order valence-electron chi connectivity index (χ3n) is 3.84. The van der Waals surface area contributed by atoms with Crippen molar-refractivity contribution < 1.29 is 27.6 Å². The van der Waals surface area contributed by atoms with Gasteiger partial charge in [0.25, 0.3) is 11.6 Å². The summed E-state index contributed by atoms with van der Waals surface area (Å²) in [6.07, 6.45) is -4.62. The summed E-state index contributed by atoms with van der Waals surface area (Å²) in [5.41, 5.74) is -1.13. The number of aromatic nitrogens is 1. The maximum absolute atomic E-state index is 12.9. The average molecular weight is 472 g/mol. The molecule has 1 heterocycles. The molecule has 3 aromatic rings. The van der Waals surface area contributed by atoms with Crippen LogP contribution in [0.25, 0.3) is 0 Å². The molecule has 0 aliphatic carbocycles. The maximum atomic E-state index is 12.9. The van der Waals surface area contributed by atoms with Crippen molar-refractivity contribution in [3.8, 4) is 11.6 Å². The number of carbonyl (C=O) groups excluding carboxylic acids is 1. The highest BCUT2D eigenvalue weighted by atomic mass is 35.5. The lowest BCUT2D eigenvalue weighted by Gasteiger charge is -2.11. The van der Waals surface area contributed by atoms with Gasteiger partial charge in [-0.15, -0.1) is 0 Å². The molecule has 0 aliphatic heterocycles. The predicted octanol–water partition coefficient (Wildman–Crippen LogP) is 6.36. The molecule has 0 saturated heterocycles. The summed E-state index contributed by atoms with van der Waals surface area (Å²) < 4.78 is 43.9. The van der Waals surface area contributed by atoms with Gasteiger partial charge in [-0.1, -0.05) is 23.2 Å². The number of non-ortho nitro benzene ring substituents is 1. The third-order valence-corrected chi connectivity index (χ3v) is 4.36. The number of amides is 1. The van der Waals surface area contributed by atoms with E-state index in [4.69, 9.17) is 27.9 Å². The van der Waals surface area contributed by atoms with E-state index < -0.39 is 22.6 Å². The number of halogens is 5. The number of hydrogen-bond acceptors (Lipinski definition) is 5. The zero-order chi connectivity index (χ0) is 22.8. The second-order valence-electron chi connectivity index (χ2n) is 6.02. The lowest BCUT2D eigenvalue weighted by molar-refractivity contribution is -0.384. The zero-order valence-electron chi connectivity index (χ0n) is 15.1. The fourth-order valence-electron chi connectivity index (χ4n) is 2.42. The molecule has 0 radical (unpaired) electrons. The Kier molecular flexibility index (Phi) is 6.32. The van der Waals surface area contributed by atoms with E-state index in [1.807, 2.05) is 0 Å². The van der Waals surface area contributed by atoms with Crippen molar-refractivity contribution in [1.82, 2.24) is 4.98 Å². The molecule has 0 saturated carbocycles. The van der Waals surface area contributed by atoms with Crippen LogP contribution in [-0.4, -0.2) is 15.8 Å². The fourth-order valence-corrected chi connectivity index (χ4v) is 2.82. The molecule has 0 bridgehead atoms. The molecule has 1 N–H and O–H groups in total. The van der Waals surface area contributed by atoms with Gasteiger partial charge in [-0.05, 0) is 36.4 Å². The van der Waals surface area contributed by atoms with Crippen LogP contribution in [0, 0.1) is 10.1 Å². The van der Waals surface area contributed by atoms with E-state index in [2.05, 4.69) is 10.3 Å². The summed E-state index contributed by atoms with van der Waals surface area (Å²) >= 11 is 11.5. The molecule has 0 fully saturated rings. The SMILES string of the molecule is O=C(Nc1ccc(Oc2cc(C(F)(F)F)cc(Cl)n2)cc1)c1cc([N+](=O)[O-])ccc1Cl. The summed E-state index contributed by atoms with van der Waals surface area (Å²) in [5, 5.41) is 13.0. The van der Waals surface area contributed by atoms with E-state index in [1.165, 1.54) is 36.4 Å². The number of nitrogens with zero attached hydrogens (tertiary/aromatic N) is 2. The Morgan fingerprint density at radius 3 is 2.35 bits per heavy atom. The number of hydrogen-bond donors (Lipinski definition) is 1. The topological polar surface area (TPSA) is 94.4 Å².